The Morgan fingerprint density at radius 3 is 2.43 bits per heavy atom. The maximum Gasteiger partial charge on any atom is 0.325 e. The number of ether oxygens (including phenoxy) is 1. The van der Waals surface area contributed by atoms with Crippen LogP contribution in [0.3, 0.4) is 0 Å². The quantitative estimate of drug-likeness (QED) is 0.512. The van der Waals surface area contributed by atoms with Crippen LogP contribution in [0.4, 0.5) is 8.78 Å². The predicted octanol–water partition coefficient (Wildman–Crippen LogP) is 3.24. The predicted molar refractivity (Wildman–Crippen MR) is 100 cm³/mol. The molecule has 0 aliphatic rings. The average molecular weight is 391 g/mol. The standard InChI is InChI=1S/C21H23F2NO4/c1-4-14-11-24(12-18(26)28-5-2)17(19(13(3)25)21(14)27)10-9-15-7-6-8-16(22)20(15)23/h6-8,11H,4-5,9-10,12H2,1-3H3. The molecular weight excluding hydrogens is 368 g/mol. The molecule has 7 heteroatoms. The van der Waals surface area contributed by atoms with Crippen molar-refractivity contribution in [2.75, 3.05) is 6.61 Å². The van der Waals surface area contributed by atoms with E-state index in [4.69, 9.17) is 4.74 Å². The molecule has 1 heterocycles. The van der Waals surface area contributed by atoms with E-state index in [1.54, 1.807) is 13.8 Å². The van der Waals surface area contributed by atoms with Crippen molar-refractivity contribution in [2.45, 2.75) is 46.6 Å². The van der Waals surface area contributed by atoms with Gasteiger partial charge in [0, 0.05) is 17.5 Å². The minimum atomic E-state index is -0.963. The molecule has 0 aliphatic carbocycles. The van der Waals surface area contributed by atoms with Crippen LogP contribution in [0.15, 0.2) is 29.2 Å². The average Bonchev–Trinajstić information content (AvgIpc) is 2.64. The number of pyridine rings is 1. The number of nitrogens with zero attached hydrogens (tertiary/aromatic N) is 1. The van der Waals surface area contributed by atoms with Crippen LogP contribution in [0.5, 0.6) is 0 Å². The molecule has 0 radical (unpaired) electrons. The number of halogens is 2. The lowest BCUT2D eigenvalue weighted by Crippen LogP contribution is -2.28. The minimum absolute atomic E-state index is 0.0274. The molecule has 0 N–H and O–H groups in total. The zero-order valence-electron chi connectivity index (χ0n) is 16.2. The molecule has 0 aliphatic heterocycles. The monoisotopic (exact) mass is 391 g/mol. The smallest absolute Gasteiger partial charge is 0.325 e. The van der Waals surface area contributed by atoms with E-state index >= 15 is 0 Å². The fraction of sp³-hybridized carbons (Fsp3) is 0.381. The number of carbonyl (C=O) groups is 2. The van der Waals surface area contributed by atoms with Gasteiger partial charge >= 0.3 is 5.97 Å². The molecule has 0 atom stereocenters. The highest BCUT2D eigenvalue weighted by Crippen LogP contribution is 2.17. The molecule has 0 fully saturated rings. The van der Waals surface area contributed by atoms with Gasteiger partial charge in [-0.25, -0.2) is 8.78 Å². The van der Waals surface area contributed by atoms with Gasteiger partial charge in [-0.2, -0.15) is 0 Å². The summed E-state index contributed by atoms with van der Waals surface area (Å²) >= 11 is 0. The van der Waals surface area contributed by atoms with E-state index in [1.807, 2.05) is 0 Å². The van der Waals surface area contributed by atoms with Gasteiger partial charge in [-0.1, -0.05) is 19.1 Å². The fourth-order valence-corrected chi connectivity index (χ4v) is 3.12. The van der Waals surface area contributed by atoms with E-state index in [-0.39, 0.29) is 37.1 Å². The molecule has 150 valence electrons. The second-order valence-electron chi connectivity index (χ2n) is 6.36. The minimum Gasteiger partial charge on any atom is -0.465 e. The molecule has 0 unspecified atom stereocenters. The summed E-state index contributed by atoms with van der Waals surface area (Å²) in [5.74, 6) is -2.88. The van der Waals surface area contributed by atoms with Gasteiger partial charge < -0.3 is 9.30 Å². The summed E-state index contributed by atoms with van der Waals surface area (Å²) in [5.41, 5.74) is 0.413. The molecule has 2 rings (SSSR count). The molecule has 0 bridgehead atoms. The van der Waals surface area contributed by atoms with E-state index in [2.05, 4.69) is 0 Å². The van der Waals surface area contributed by atoms with Gasteiger partial charge in [-0.05, 0) is 44.7 Å². The van der Waals surface area contributed by atoms with Crippen molar-refractivity contribution in [1.29, 1.82) is 0 Å². The van der Waals surface area contributed by atoms with Gasteiger partial charge in [0.15, 0.2) is 22.8 Å². The normalized spacial score (nSPS) is 10.8. The van der Waals surface area contributed by atoms with E-state index in [9.17, 15) is 23.2 Å². The molecule has 0 spiro atoms. The van der Waals surface area contributed by atoms with E-state index in [0.717, 1.165) is 6.07 Å². The molecule has 5 nitrogen and oxygen atoms in total. The van der Waals surface area contributed by atoms with Gasteiger partial charge in [0.1, 0.15) is 6.54 Å². The molecule has 0 saturated carbocycles. The second-order valence-corrected chi connectivity index (χ2v) is 6.36. The molecule has 1 aromatic carbocycles. The van der Waals surface area contributed by atoms with Crippen LogP contribution in [-0.4, -0.2) is 22.9 Å². The largest absolute Gasteiger partial charge is 0.465 e. The number of Topliss-reactive ketones (excluding diaryl/α,β-unsaturated/α-hetero) is 1. The van der Waals surface area contributed by atoms with E-state index in [0.29, 0.717) is 17.7 Å². The van der Waals surface area contributed by atoms with Crippen LogP contribution in [-0.2, 0) is 35.3 Å². The Balaban J connectivity index is 2.53. The maximum atomic E-state index is 14.0. The number of hydrogen-bond donors (Lipinski definition) is 0. The Hall–Kier alpha value is -2.83. The molecule has 28 heavy (non-hydrogen) atoms. The number of benzene rings is 1. The number of esters is 1. The summed E-state index contributed by atoms with van der Waals surface area (Å²) in [7, 11) is 0. The van der Waals surface area contributed by atoms with Crippen LogP contribution in [0.25, 0.3) is 0 Å². The summed E-state index contributed by atoms with van der Waals surface area (Å²) < 4.78 is 33.9. The topological polar surface area (TPSA) is 65.4 Å². The first-order valence-electron chi connectivity index (χ1n) is 9.14. The number of ketones is 1. The number of carbonyl (C=O) groups excluding carboxylic acids is 2. The Bertz CT molecular complexity index is 950. The highest BCUT2D eigenvalue weighted by atomic mass is 19.2. The summed E-state index contributed by atoms with van der Waals surface area (Å²) in [6.07, 6.45) is 2.08. The second kappa shape index (κ2) is 9.39. The first-order chi connectivity index (χ1) is 13.3. The van der Waals surface area contributed by atoms with Crippen molar-refractivity contribution < 1.29 is 23.1 Å². The SMILES string of the molecule is CCOC(=O)Cn1cc(CC)c(=O)c(C(C)=O)c1CCc1cccc(F)c1F. The van der Waals surface area contributed by atoms with Crippen molar-refractivity contribution in [1.82, 2.24) is 4.57 Å². The van der Waals surface area contributed by atoms with Gasteiger partial charge in [0.25, 0.3) is 0 Å². The summed E-state index contributed by atoms with van der Waals surface area (Å²) in [5, 5.41) is 0. The highest BCUT2D eigenvalue weighted by molar-refractivity contribution is 5.95. The first kappa shape index (κ1) is 21.5. The third-order valence-corrected chi connectivity index (χ3v) is 4.47. The number of rotatable bonds is 8. The van der Waals surface area contributed by atoms with E-state index in [1.165, 1.54) is 29.8 Å². The molecule has 1 aromatic heterocycles. The van der Waals surface area contributed by atoms with E-state index < -0.39 is 28.8 Å². The summed E-state index contributed by atoms with van der Waals surface area (Å²) in [6, 6.07) is 3.86. The molecule has 0 amide bonds. The first-order valence-corrected chi connectivity index (χ1v) is 9.14. The Morgan fingerprint density at radius 1 is 1.11 bits per heavy atom. The van der Waals surface area contributed by atoms with Crippen molar-refractivity contribution in [3.63, 3.8) is 0 Å². The van der Waals surface area contributed by atoms with Crippen LogP contribution < -0.4 is 5.43 Å². The number of aromatic nitrogens is 1. The number of hydrogen-bond acceptors (Lipinski definition) is 4. The van der Waals surface area contributed by atoms with Crippen molar-refractivity contribution >= 4 is 11.8 Å². The maximum absolute atomic E-state index is 14.0. The van der Waals surface area contributed by atoms with Gasteiger partial charge in [-0.3, -0.25) is 14.4 Å². The zero-order chi connectivity index (χ0) is 20.8. The lowest BCUT2D eigenvalue weighted by atomic mass is 9.99. The van der Waals surface area contributed by atoms with Gasteiger partial charge in [0.2, 0.25) is 0 Å². The molecule has 2 aromatic rings. The van der Waals surface area contributed by atoms with Crippen LogP contribution in [0.1, 0.15) is 48.0 Å². The third kappa shape index (κ3) is 4.71. The van der Waals surface area contributed by atoms with Crippen LogP contribution >= 0.6 is 0 Å². The van der Waals surface area contributed by atoms with Crippen molar-refractivity contribution in [2.24, 2.45) is 0 Å². The van der Waals surface area contributed by atoms with Crippen LogP contribution in [0, 0.1) is 11.6 Å². The lowest BCUT2D eigenvalue weighted by molar-refractivity contribution is -0.143. The molecule has 0 saturated heterocycles. The van der Waals surface area contributed by atoms with Crippen molar-refractivity contribution in [3.05, 3.63) is 68.6 Å². The Morgan fingerprint density at radius 2 is 1.82 bits per heavy atom. The summed E-state index contributed by atoms with van der Waals surface area (Å²) in [6.45, 7) is 4.75. The van der Waals surface area contributed by atoms with Gasteiger partial charge in [0.05, 0.1) is 12.2 Å². The zero-order valence-corrected chi connectivity index (χ0v) is 16.2. The van der Waals surface area contributed by atoms with Crippen LogP contribution in [0.2, 0.25) is 0 Å². The van der Waals surface area contributed by atoms with Gasteiger partial charge in [-0.15, -0.1) is 0 Å². The lowest BCUT2D eigenvalue weighted by Gasteiger charge is -2.18. The Kier molecular flexibility index (Phi) is 7.20. The highest BCUT2D eigenvalue weighted by Gasteiger charge is 2.20. The Labute approximate surface area is 161 Å². The van der Waals surface area contributed by atoms with Crippen molar-refractivity contribution in [3.8, 4) is 0 Å². The fourth-order valence-electron chi connectivity index (χ4n) is 3.12. The third-order valence-electron chi connectivity index (χ3n) is 4.47. The summed E-state index contributed by atoms with van der Waals surface area (Å²) in [4.78, 5) is 36.8. The molecular formula is C21H23F2NO4. The number of aryl methyl sites for hydroxylation is 2.